The van der Waals surface area contributed by atoms with Crippen LogP contribution in [0.15, 0.2) is 5.38 Å². The van der Waals surface area contributed by atoms with Crippen LogP contribution >= 0.6 is 11.3 Å². The van der Waals surface area contributed by atoms with Gasteiger partial charge in [-0.1, -0.05) is 19.8 Å². The van der Waals surface area contributed by atoms with Gasteiger partial charge >= 0.3 is 5.97 Å². The van der Waals surface area contributed by atoms with Crippen molar-refractivity contribution in [2.75, 3.05) is 0 Å². The van der Waals surface area contributed by atoms with Gasteiger partial charge < -0.3 is 5.11 Å². The summed E-state index contributed by atoms with van der Waals surface area (Å²) in [5.41, 5.74) is -0.461. The molecule has 1 N–H and O–H groups in total. The molecular formula is C12H14N2O2S. The number of carbonyl (C=O) groups is 1. The Kier molecular flexibility index (Phi) is 3.16. The van der Waals surface area contributed by atoms with Crippen LogP contribution in [0.1, 0.15) is 48.1 Å². The van der Waals surface area contributed by atoms with Crippen molar-refractivity contribution in [2.45, 2.75) is 38.0 Å². The van der Waals surface area contributed by atoms with Crippen molar-refractivity contribution < 1.29 is 9.90 Å². The van der Waals surface area contributed by atoms with E-state index in [4.69, 9.17) is 5.11 Å². The monoisotopic (exact) mass is 250 g/mol. The summed E-state index contributed by atoms with van der Waals surface area (Å²) >= 11 is 1.29. The maximum atomic E-state index is 10.8. The van der Waals surface area contributed by atoms with Crippen LogP contribution in [0.25, 0.3) is 0 Å². The minimum Gasteiger partial charge on any atom is -0.476 e. The zero-order chi connectivity index (χ0) is 12.5. The summed E-state index contributed by atoms with van der Waals surface area (Å²) in [5, 5.41) is 20.3. The van der Waals surface area contributed by atoms with Crippen molar-refractivity contribution in [2.24, 2.45) is 5.92 Å². The van der Waals surface area contributed by atoms with Gasteiger partial charge in [0.15, 0.2) is 5.69 Å². The standard InChI is InChI=1S/C12H14N2O2S/c1-2-3-8-4-12(5-8,7-13)11-14-9(6-17-11)10(15)16/h6,8H,2-5H2,1H3,(H,15,16). The highest BCUT2D eigenvalue weighted by atomic mass is 32.1. The molecule has 0 radical (unpaired) electrons. The molecule has 0 aromatic carbocycles. The molecule has 2 rings (SSSR count). The van der Waals surface area contributed by atoms with Crippen LogP contribution < -0.4 is 0 Å². The predicted octanol–water partition coefficient (Wildman–Crippen LogP) is 2.81. The molecule has 90 valence electrons. The lowest BCUT2D eigenvalue weighted by molar-refractivity contribution is 0.0690. The summed E-state index contributed by atoms with van der Waals surface area (Å²) in [7, 11) is 0. The first-order chi connectivity index (χ1) is 8.11. The molecule has 1 aromatic rings. The van der Waals surface area contributed by atoms with Crippen molar-refractivity contribution in [3.63, 3.8) is 0 Å². The number of nitrogens with zero attached hydrogens (tertiary/aromatic N) is 2. The van der Waals surface area contributed by atoms with E-state index >= 15 is 0 Å². The largest absolute Gasteiger partial charge is 0.476 e. The lowest BCUT2D eigenvalue weighted by Gasteiger charge is -2.41. The maximum Gasteiger partial charge on any atom is 0.355 e. The molecule has 0 atom stereocenters. The first kappa shape index (κ1) is 12.1. The number of carboxylic acid groups (broad SMARTS) is 1. The summed E-state index contributed by atoms with van der Waals surface area (Å²) in [6.07, 6.45) is 3.92. The SMILES string of the molecule is CCCC1CC(C#N)(c2nc(C(=O)O)cs2)C1. The predicted molar refractivity (Wildman–Crippen MR) is 64.0 cm³/mol. The van der Waals surface area contributed by atoms with E-state index in [2.05, 4.69) is 18.0 Å². The summed E-state index contributed by atoms with van der Waals surface area (Å²) in [6, 6.07) is 2.33. The Bertz CT molecular complexity index is 469. The number of aromatic carboxylic acids is 1. The Balaban J connectivity index is 2.15. The number of hydrogen-bond donors (Lipinski definition) is 1. The third kappa shape index (κ3) is 2.05. The molecule has 0 spiro atoms. The van der Waals surface area contributed by atoms with E-state index in [1.165, 1.54) is 16.7 Å². The number of thiazole rings is 1. The minimum absolute atomic E-state index is 0.0542. The van der Waals surface area contributed by atoms with Crippen molar-refractivity contribution in [3.05, 3.63) is 16.1 Å². The second-order valence-electron chi connectivity index (χ2n) is 4.60. The van der Waals surface area contributed by atoms with Crippen molar-refractivity contribution >= 4 is 17.3 Å². The van der Waals surface area contributed by atoms with E-state index in [1.807, 2.05) is 0 Å². The summed E-state index contributed by atoms with van der Waals surface area (Å²) in [5.74, 6) is -0.429. The first-order valence-corrected chi connectivity index (χ1v) is 6.60. The Hall–Kier alpha value is -1.41. The van der Waals surface area contributed by atoms with Gasteiger partial charge in [-0.15, -0.1) is 11.3 Å². The summed E-state index contributed by atoms with van der Waals surface area (Å²) < 4.78 is 0. The van der Waals surface area contributed by atoms with E-state index in [1.54, 1.807) is 0 Å². The third-order valence-electron chi connectivity index (χ3n) is 3.32. The van der Waals surface area contributed by atoms with Gasteiger partial charge in [-0.3, -0.25) is 0 Å². The topological polar surface area (TPSA) is 74.0 Å². The molecule has 1 aliphatic rings. The van der Waals surface area contributed by atoms with Gasteiger partial charge in [0.2, 0.25) is 0 Å². The fraction of sp³-hybridized carbons (Fsp3) is 0.583. The highest BCUT2D eigenvalue weighted by Crippen LogP contribution is 2.49. The van der Waals surface area contributed by atoms with E-state index in [9.17, 15) is 10.1 Å². The number of rotatable bonds is 4. The Morgan fingerprint density at radius 1 is 1.76 bits per heavy atom. The van der Waals surface area contributed by atoms with Gasteiger partial charge in [-0.05, 0) is 18.8 Å². The summed E-state index contributed by atoms with van der Waals surface area (Å²) in [6.45, 7) is 2.14. The van der Waals surface area contributed by atoms with Crippen molar-refractivity contribution in [3.8, 4) is 6.07 Å². The fourth-order valence-electron chi connectivity index (χ4n) is 2.44. The zero-order valence-electron chi connectivity index (χ0n) is 9.64. The third-order valence-corrected chi connectivity index (χ3v) is 4.36. The molecule has 0 saturated heterocycles. The van der Waals surface area contributed by atoms with E-state index < -0.39 is 11.4 Å². The van der Waals surface area contributed by atoms with Gasteiger partial charge in [0.05, 0.1) is 6.07 Å². The molecule has 0 bridgehead atoms. The lowest BCUT2D eigenvalue weighted by atomic mass is 9.62. The second-order valence-corrected chi connectivity index (χ2v) is 5.46. The average molecular weight is 250 g/mol. The molecule has 1 fully saturated rings. The molecule has 1 heterocycles. The lowest BCUT2D eigenvalue weighted by Crippen LogP contribution is -2.40. The highest BCUT2D eigenvalue weighted by Gasteiger charge is 2.47. The fourth-order valence-corrected chi connectivity index (χ4v) is 3.41. The van der Waals surface area contributed by atoms with Gasteiger partial charge in [-0.2, -0.15) is 5.26 Å². The molecule has 0 aliphatic heterocycles. The molecule has 0 amide bonds. The molecule has 5 heteroatoms. The molecule has 1 aliphatic carbocycles. The zero-order valence-corrected chi connectivity index (χ0v) is 10.5. The Labute approximate surface area is 104 Å². The molecular weight excluding hydrogens is 236 g/mol. The Morgan fingerprint density at radius 3 is 2.94 bits per heavy atom. The number of hydrogen-bond acceptors (Lipinski definition) is 4. The van der Waals surface area contributed by atoms with Crippen LogP contribution in [0.3, 0.4) is 0 Å². The average Bonchev–Trinajstić information content (AvgIpc) is 2.72. The van der Waals surface area contributed by atoms with E-state index in [-0.39, 0.29) is 5.69 Å². The van der Waals surface area contributed by atoms with Gasteiger partial charge in [0.25, 0.3) is 0 Å². The molecule has 17 heavy (non-hydrogen) atoms. The van der Waals surface area contributed by atoms with Gasteiger partial charge in [0, 0.05) is 5.38 Å². The van der Waals surface area contributed by atoms with Crippen LogP contribution in [0.2, 0.25) is 0 Å². The molecule has 1 saturated carbocycles. The molecule has 0 unspecified atom stereocenters. The second kappa shape index (κ2) is 4.46. The normalized spacial score (nSPS) is 27.2. The highest BCUT2D eigenvalue weighted by molar-refractivity contribution is 7.10. The van der Waals surface area contributed by atoms with Gasteiger partial charge in [-0.25, -0.2) is 9.78 Å². The minimum atomic E-state index is -1.02. The van der Waals surface area contributed by atoms with E-state index in [0.717, 1.165) is 25.7 Å². The Morgan fingerprint density at radius 2 is 2.47 bits per heavy atom. The van der Waals surface area contributed by atoms with E-state index in [0.29, 0.717) is 10.9 Å². The number of nitriles is 1. The van der Waals surface area contributed by atoms with Gasteiger partial charge in [0.1, 0.15) is 10.4 Å². The van der Waals surface area contributed by atoms with Crippen LogP contribution in [-0.2, 0) is 5.41 Å². The van der Waals surface area contributed by atoms with Crippen LogP contribution in [0.5, 0.6) is 0 Å². The quantitative estimate of drug-likeness (QED) is 0.891. The van der Waals surface area contributed by atoms with Crippen molar-refractivity contribution in [1.29, 1.82) is 5.26 Å². The van der Waals surface area contributed by atoms with Crippen LogP contribution in [0.4, 0.5) is 0 Å². The smallest absolute Gasteiger partial charge is 0.355 e. The number of carboxylic acids is 1. The summed E-state index contributed by atoms with van der Waals surface area (Å²) in [4.78, 5) is 14.8. The maximum absolute atomic E-state index is 10.8. The van der Waals surface area contributed by atoms with Crippen LogP contribution in [-0.4, -0.2) is 16.1 Å². The number of aromatic nitrogens is 1. The molecule has 1 aromatic heterocycles. The van der Waals surface area contributed by atoms with Crippen molar-refractivity contribution in [1.82, 2.24) is 4.98 Å². The molecule has 4 nitrogen and oxygen atoms in total. The van der Waals surface area contributed by atoms with Crippen LogP contribution in [0, 0.1) is 17.2 Å². The first-order valence-electron chi connectivity index (χ1n) is 5.72.